The topological polar surface area (TPSA) is 50.7 Å². The fourth-order valence-corrected chi connectivity index (χ4v) is 3.19. The molecule has 106 valence electrons. The molecule has 4 nitrogen and oxygen atoms in total. The van der Waals surface area contributed by atoms with Gasteiger partial charge in [-0.2, -0.15) is 5.10 Å². The molecule has 0 saturated carbocycles. The van der Waals surface area contributed by atoms with Gasteiger partial charge in [0, 0.05) is 9.72 Å². The van der Waals surface area contributed by atoms with Crippen molar-refractivity contribution in [3.63, 3.8) is 0 Å². The fourth-order valence-electron chi connectivity index (χ4n) is 1.88. The van der Waals surface area contributed by atoms with Gasteiger partial charge < -0.3 is 4.74 Å². The van der Waals surface area contributed by atoms with Crippen LogP contribution in [0.15, 0.2) is 23.3 Å². The van der Waals surface area contributed by atoms with Crippen LogP contribution in [-0.4, -0.2) is 18.4 Å². The van der Waals surface area contributed by atoms with Gasteiger partial charge in [0.15, 0.2) is 0 Å². The number of carbonyl (C=O) groups is 1. The molecule has 0 atom stereocenters. The minimum Gasteiger partial charge on any atom is -0.449 e. The van der Waals surface area contributed by atoms with E-state index in [0.717, 1.165) is 26.2 Å². The summed E-state index contributed by atoms with van der Waals surface area (Å²) in [6, 6.07) is 5.80. The predicted octanol–water partition coefficient (Wildman–Crippen LogP) is 4.33. The minimum atomic E-state index is -0.548. The van der Waals surface area contributed by atoms with Crippen LogP contribution >= 0.6 is 22.9 Å². The van der Waals surface area contributed by atoms with Gasteiger partial charge in [-0.3, -0.25) is 0 Å². The summed E-state index contributed by atoms with van der Waals surface area (Å²) in [5.74, 6) is 0. The van der Waals surface area contributed by atoms with Gasteiger partial charge in [-0.25, -0.2) is 10.2 Å². The smallest absolute Gasteiger partial charge is 0.427 e. The van der Waals surface area contributed by atoms with Gasteiger partial charge in [-0.15, -0.1) is 11.3 Å². The molecule has 1 heterocycles. The van der Waals surface area contributed by atoms with E-state index in [1.807, 2.05) is 32.0 Å². The summed E-state index contributed by atoms with van der Waals surface area (Å²) < 4.78 is 5.91. The number of amides is 1. The van der Waals surface area contributed by atoms with Gasteiger partial charge >= 0.3 is 6.09 Å². The second-order valence-corrected chi connectivity index (χ2v) is 5.71. The second kappa shape index (κ2) is 6.24. The van der Waals surface area contributed by atoms with Crippen LogP contribution in [-0.2, 0) is 4.74 Å². The van der Waals surface area contributed by atoms with Crippen LogP contribution < -0.4 is 5.43 Å². The summed E-state index contributed by atoms with van der Waals surface area (Å²) in [7, 11) is 0. The number of ether oxygens (including phenoxy) is 1. The Bertz CT molecular complexity index is 679. The molecule has 0 aliphatic heterocycles. The normalized spacial score (nSPS) is 11.7. The molecule has 6 heteroatoms. The fraction of sp³-hybridized carbons (Fsp3) is 0.286. The average molecular weight is 311 g/mol. The van der Waals surface area contributed by atoms with E-state index in [0.29, 0.717) is 11.6 Å². The van der Waals surface area contributed by atoms with E-state index in [4.69, 9.17) is 16.3 Å². The standard InChI is InChI=1S/C14H15ClN2O2S/c1-4-19-14(18)17-16-9(3)13-8(2)11-7-10(15)5-6-12(11)20-13/h5-7H,4H2,1-3H3,(H,17,18). The zero-order valence-corrected chi connectivity index (χ0v) is 13.1. The van der Waals surface area contributed by atoms with Crippen molar-refractivity contribution in [1.82, 2.24) is 5.43 Å². The van der Waals surface area contributed by atoms with Gasteiger partial charge in [-0.1, -0.05) is 11.6 Å². The first-order valence-electron chi connectivity index (χ1n) is 6.19. The Morgan fingerprint density at radius 2 is 2.25 bits per heavy atom. The number of hydrogen-bond acceptors (Lipinski definition) is 4. The maximum Gasteiger partial charge on any atom is 0.427 e. The van der Waals surface area contributed by atoms with E-state index in [2.05, 4.69) is 10.5 Å². The molecule has 0 fully saturated rings. The maximum absolute atomic E-state index is 11.2. The molecule has 2 aromatic rings. The van der Waals surface area contributed by atoms with Gasteiger partial charge in [0.25, 0.3) is 0 Å². The van der Waals surface area contributed by atoms with Gasteiger partial charge in [-0.05, 0) is 49.9 Å². The molecule has 0 radical (unpaired) electrons. The Hall–Kier alpha value is -1.59. The van der Waals surface area contributed by atoms with Crippen molar-refractivity contribution in [2.24, 2.45) is 5.10 Å². The Balaban J connectivity index is 2.30. The minimum absolute atomic E-state index is 0.320. The Labute approximate surface area is 126 Å². The summed E-state index contributed by atoms with van der Waals surface area (Å²) >= 11 is 7.64. The van der Waals surface area contributed by atoms with E-state index >= 15 is 0 Å². The lowest BCUT2D eigenvalue weighted by Crippen LogP contribution is -2.20. The number of thiophene rings is 1. The Morgan fingerprint density at radius 3 is 2.95 bits per heavy atom. The molecule has 0 aliphatic carbocycles. The summed E-state index contributed by atoms with van der Waals surface area (Å²) in [6.45, 7) is 5.94. The van der Waals surface area contributed by atoms with Crippen molar-refractivity contribution in [2.45, 2.75) is 20.8 Å². The average Bonchev–Trinajstić information content (AvgIpc) is 2.74. The van der Waals surface area contributed by atoms with Crippen molar-refractivity contribution < 1.29 is 9.53 Å². The third-order valence-electron chi connectivity index (χ3n) is 2.82. The maximum atomic E-state index is 11.2. The first-order chi connectivity index (χ1) is 9.52. The second-order valence-electron chi connectivity index (χ2n) is 4.23. The lowest BCUT2D eigenvalue weighted by Gasteiger charge is -2.02. The van der Waals surface area contributed by atoms with Crippen LogP contribution in [0.2, 0.25) is 5.02 Å². The van der Waals surface area contributed by atoms with Crippen LogP contribution in [0, 0.1) is 6.92 Å². The number of aryl methyl sites for hydroxylation is 1. The lowest BCUT2D eigenvalue weighted by atomic mass is 10.1. The highest BCUT2D eigenvalue weighted by Crippen LogP contribution is 2.32. The molecule has 0 spiro atoms. The number of nitrogens with zero attached hydrogens (tertiary/aromatic N) is 1. The number of nitrogens with one attached hydrogen (secondary N) is 1. The molecule has 2 rings (SSSR count). The van der Waals surface area contributed by atoms with E-state index < -0.39 is 6.09 Å². The van der Waals surface area contributed by atoms with E-state index in [1.165, 1.54) is 0 Å². The Kier molecular flexibility index (Phi) is 4.62. The number of hydrogen-bond donors (Lipinski definition) is 1. The van der Waals surface area contributed by atoms with E-state index in [-0.39, 0.29) is 0 Å². The third kappa shape index (κ3) is 3.11. The number of fused-ring (bicyclic) bond motifs is 1. The third-order valence-corrected chi connectivity index (χ3v) is 4.43. The molecule has 1 aromatic carbocycles. The molecule has 0 saturated heterocycles. The number of carbonyl (C=O) groups excluding carboxylic acids is 1. The summed E-state index contributed by atoms with van der Waals surface area (Å²) in [6.07, 6.45) is -0.548. The lowest BCUT2D eigenvalue weighted by molar-refractivity contribution is 0.152. The molecule has 0 bridgehead atoms. The van der Waals surface area contributed by atoms with Crippen molar-refractivity contribution >= 4 is 44.8 Å². The summed E-state index contributed by atoms with van der Waals surface area (Å²) in [5.41, 5.74) is 4.23. The Morgan fingerprint density at radius 1 is 1.50 bits per heavy atom. The number of halogens is 1. The van der Waals surface area contributed by atoms with Crippen LogP contribution in [0.5, 0.6) is 0 Å². The van der Waals surface area contributed by atoms with Crippen molar-refractivity contribution in [3.05, 3.63) is 33.7 Å². The SMILES string of the molecule is CCOC(=O)NN=C(C)c1sc2ccc(Cl)cc2c1C. The van der Waals surface area contributed by atoms with E-state index in [1.54, 1.807) is 18.3 Å². The molecule has 0 aliphatic rings. The van der Waals surface area contributed by atoms with Crippen molar-refractivity contribution in [3.8, 4) is 0 Å². The first kappa shape index (κ1) is 14.8. The number of benzene rings is 1. The zero-order valence-electron chi connectivity index (χ0n) is 11.5. The highest BCUT2D eigenvalue weighted by Gasteiger charge is 2.11. The van der Waals surface area contributed by atoms with Gasteiger partial charge in [0.1, 0.15) is 0 Å². The quantitative estimate of drug-likeness (QED) is 0.677. The van der Waals surface area contributed by atoms with Crippen LogP contribution in [0.3, 0.4) is 0 Å². The van der Waals surface area contributed by atoms with Crippen LogP contribution in [0.1, 0.15) is 24.3 Å². The van der Waals surface area contributed by atoms with E-state index in [9.17, 15) is 4.79 Å². The van der Waals surface area contributed by atoms with Crippen LogP contribution in [0.25, 0.3) is 10.1 Å². The highest BCUT2D eigenvalue weighted by molar-refractivity contribution is 7.21. The zero-order chi connectivity index (χ0) is 14.7. The van der Waals surface area contributed by atoms with Gasteiger partial charge in [0.05, 0.1) is 17.2 Å². The highest BCUT2D eigenvalue weighted by atomic mass is 35.5. The molecular weight excluding hydrogens is 296 g/mol. The first-order valence-corrected chi connectivity index (χ1v) is 7.38. The number of hydrazone groups is 1. The summed E-state index contributed by atoms with van der Waals surface area (Å²) in [5, 5.41) is 5.89. The van der Waals surface area contributed by atoms with Crippen molar-refractivity contribution in [1.29, 1.82) is 0 Å². The predicted molar refractivity (Wildman–Crippen MR) is 83.9 cm³/mol. The molecule has 1 N–H and O–H groups in total. The molecule has 20 heavy (non-hydrogen) atoms. The molecule has 0 unspecified atom stereocenters. The molecule has 1 aromatic heterocycles. The monoisotopic (exact) mass is 310 g/mol. The molecule has 1 amide bonds. The molecular formula is C14H15ClN2O2S. The van der Waals surface area contributed by atoms with Crippen molar-refractivity contribution in [2.75, 3.05) is 6.61 Å². The van der Waals surface area contributed by atoms with Crippen LogP contribution in [0.4, 0.5) is 4.79 Å². The van der Waals surface area contributed by atoms with Gasteiger partial charge in [0.2, 0.25) is 0 Å². The summed E-state index contributed by atoms with van der Waals surface area (Å²) in [4.78, 5) is 12.3. The largest absolute Gasteiger partial charge is 0.449 e. The number of rotatable bonds is 3.